The minimum atomic E-state index is -3.08. The quantitative estimate of drug-likeness (QED) is 0.856. The zero-order chi connectivity index (χ0) is 15.3. The highest BCUT2D eigenvalue weighted by Crippen LogP contribution is 2.20. The molecular formula is C14H22ClN3O2S. The van der Waals surface area contributed by atoms with Crippen molar-refractivity contribution in [1.29, 1.82) is 0 Å². The van der Waals surface area contributed by atoms with E-state index in [-0.39, 0.29) is 5.75 Å². The van der Waals surface area contributed by atoms with Crippen molar-refractivity contribution in [2.24, 2.45) is 0 Å². The van der Waals surface area contributed by atoms with E-state index in [0.717, 1.165) is 43.4 Å². The van der Waals surface area contributed by atoms with Crippen molar-refractivity contribution in [3.05, 3.63) is 29.3 Å². The molecule has 0 amide bonds. The van der Waals surface area contributed by atoms with Crippen LogP contribution in [0.4, 0.5) is 5.69 Å². The summed E-state index contributed by atoms with van der Waals surface area (Å²) in [5.41, 5.74) is 1.15. The Hall–Kier alpha value is -0.820. The van der Waals surface area contributed by atoms with E-state index in [9.17, 15) is 8.42 Å². The van der Waals surface area contributed by atoms with Gasteiger partial charge in [-0.15, -0.1) is 0 Å². The minimum absolute atomic E-state index is 0.134. The Morgan fingerprint density at radius 1 is 1.24 bits per heavy atom. The summed E-state index contributed by atoms with van der Waals surface area (Å²) < 4.78 is 25.3. The van der Waals surface area contributed by atoms with Gasteiger partial charge in [-0.1, -0.05) is 17.7 Å². The summed E-state index contributed by atoms with van der Waals surface area (Å²) in [6.45, 7) is 6.60. The molecule has 1 aliphatic rings. The number of benzene rings is 1. The van der Waals surface area contributed by atoms with Gasteiger partial charge in [0, 0.05) is 50.0 Å². The summed E-state index contributed by atoms with van der Waals surface area (Å²) in [4.78, 5) is 4.58. The number of hydrogen-bond acceptors (Lipinski definition) is 4. The van der Waals surface area contributed by atoms with Gasteiger partial charge >= 0.3 is 0 Å². The lowest BCUT2D eigenvalue weighted by atomic mass is 10.2. The Labute approximate surface area is 131 Å². The van der Waals surface area contributed by atoms with Crippen molar-refractivity contribution in [2.75, 3.05) is 49.9 Å². The van der Waals surface area contributed by atoms with E-state index >= 15 is 0 Å². The molecule has 1 N–H and O–H groups in total. The van der Waals surface area contributed by atoms with Crippen LogP contribution >= 0.6 is 11.6 Å². The van der Waals surface area contributed by atoms with Gasteiger partial charge in [0.15, 0.2) is 0 Å². The standard InChI is InChI=1S/C14H22ClN3O2S/c1-2-21(19,20)16-6-7-17-8-10-18(11-9-17)14-5-3-4-13(15)12-14/h3-5,12,16H,2,6-11H2,1H3. The number of nitrogens with zero attached hydrogens (tertiary/aromatic N) is 2. The normalized spacial score (nSPS) is 17.1. The molecule has 0 saturated carbocycles. The Morgan fingerprint density at radius 3 is 2.57 bits per heavy atom. The van der Waals surface area contributed by atoms with Crippen LogP contribution in [0, 0.1) is 0 Å². The average molecular weight is 332 g/mol. The first-order chi connectivity index (χ1) is 10.00. The van der Waals surface area contributed by atoms with Crippen LogP contribution in [0.15, 0.2) is 24.3 Å². The van der Waals surface area contributed by atoms with Crippen LogP contribution in [0.3, 0.4) is 0 Å². The van der Waals surface area contributed by atoms with E-state index in [0.29, 0.717) is 6.54 Å². The van der Waals surface area contributed by atoms with Gasteiger partial charge in [0.1, 0.15) is 0 Å². The second-order valence-electron chi connectivity index (χ2n) is 5.11. The molecule has 7 heteroatoms. The molecule has 0 atom stereocenters. The molecule has 1 aliphatic heterocycles. The number of rotatable bonds is 6. The molecule has 0 aliphatic carbocycles. The number of sulfonamides is 1. The molecule has 0 spiro atoms. The van der Waals surface area contributed by atoms with E-state index in [2.05, 4.69) is 20.6 Å². The molecular weight excluding hydrogens is 310 g/mol. The van der Waals surface area contributed by atoms with Gasteiger partial charge < -0.3 is 4.90 Å². The summed E-state index contributed by atoms with van der Waals surface area (Å²) in [5, 5.41) is 0.754. The van der Waals surface area contributed by atoms with E-state index in [1.165, 1.54) is 0 Å². The van der Waals surface area contributed by atoms with Gasteiger partial charge in [-0.3, -0.25) is 4.90 Å². The first kappa shape index (κ1) is 16.5. The highest BCUT2D eigenvalue weighted by Gasteiger charge is 2.17. The zero-order valence-electron chi connectivity index (χ0n) is 12.3. The van der Waals surface area contributed by atoms with E-state index in [1.807, 2.05) is 18.2 Å². The van der Waals surface area contributed by atoms with Gasteiger partial charge in [-0.2, -0.15) is 0 Å². The maximum absolute atomic E-state index is 11.4. The van der Waals surface area contributed by atoms with Crippen molar-refractivity contribution in [3.8, 4) is 0 Å². The Morgan fingerprint density at radius 2 is 1.95 bits per heavy atom. The summed E-state index contributed by atoms with van der Waals surface area (Å²) in [6, 6.07) is 7.88. The Kier molecular flexibility index (Phi) is 5.87. The van der Waals surface area contributed by atoms with Crippen molar-refractivity contribution in [2.45, 2.75) is 6.92 Å². The van der Waals surface area contributed by atoms with Crippen molar-refractivity contribution in [1.82, 2.24) is 9.62 Å². The van der Waals surface area contributed by atoms with Crippen LogP contribution in [-0.4, -0.2) is 58.3 Å². The summed E-state index contributed by atoms with van der Waals surface area (Å²) >= 11 is 6.02. The molecule has 0 aromatic heterocycles. The fourth-order valence-corrected chi connectivity index (χ4v) is 3.15. The molecule has 1 fully saturated rings. The molecule has 0 bridgehead atoms. The summed E-state index contributed by atoms with van der Waals surface area (Å²) in [6.07, 6.45) is 0. The van der Waals surface area contributed by atoms with Crippen LogP contribution in [0.1, 0.15) is 6.92 Å². The number of hydrogen-bond donors (Lipinski definition) is 1. The van der Waals surface area contributed by atoms with E-state index < -0.39 is 10.0 Å². The third-order valence-electron chi connectivity index (χ3n) is 3.68. The molecule has 2 rings (SSSR count). The fourth-order valence-electron chi connectivity index (χ4n) is 2.36. The lowest BCUT2D eigenvalue weighted by Gasteiger charge is -2.36. The van der Waals surface area contributed by atoms with Crippen molar-refractivity contribution in [3.63, 3.8) is 0 Å². The number of nitrogens with one attached hydrogen (secondary N) is 1. The lowest BCUT2D eigenvalue weighted by Crippen LogP contribution is -2.48. The second kappa shape index (κ2) is 7.45. The molecule has 5 nitrogen and oxygen atoms in total. The highest BCUT2D eigenvalue weighted by atomic mass is 35.5. The molecule has 0 unspecified atom stereocenters. The third kappa shape index (κ3) is 5.14. The summed E-state index contributed by atoms with van der Waals surface area (Å²) in [7, 11) is -3.08. The van der Waals surface area contributed by atoms with Crippen LogP contribution in [-0.2, 0) is 10.0 Å². The van der Waals surface area contributed by atoms with Gasteiger partial charge in [0.05, 0.1) is 5.75 Å². The first-order valence-corrected chi connectivity index (χ1v) is 9.23. The maximum atomic E-state index is 11.4. The lowest BCUT2D eigenvalue weighted by molar-refractivity contribution is 0.262. The van der Waals surface area contributed by atoms with Crippen LogP contribution in [0.5, 0.6) is 0 Å². The number of anilines is 1. The smallest absolute Gasteiger partial charge is 0.211 e. The predicted octanol–water partition coefficient (Wildman–Crippen LogP) is 1.40. The maximum Gasteiger partial charge on any atom is 0.211 e. The molecule has 1 heterocycles. The molecule has 0 radical (unpaired) electrons. The number of piperazine rings is 1. The van der Waals surface area contributed by atoms with Crippen molar-refractivity contribution >= 4 is 27.3 Å². The molecule has 1 saturated heterocycles. The number of halogens is 1. The van der Waals surface area contributed by atoms with Crippen LogP contribution in [0.2, 0.25) is 5.02 Å². The minimum Gasteiger partial charge on any atom is -0.369 e. The summed E-state index contributed by atoms with van der Waals surface area (Å²) in [5.74, 6) is 0.134. The first-order valence-electron chi connectivity index (χ1n) is 7.20. The Bertz CT molecular complexity index is 557. The third-order valence-corrected chi connectivity index (χ3v) is 5.31. The molecule has 1 aromatic carbocycles. The van der Waals surface area contributed by atoms with Gasteiger partial charge in [0.2, 0.25) is 10.0 Å². The van der Waals surface area contributed by atoms with E-state index in [1.54, 1.807) is 6.92 Å². The zero-order valence-corrected chi connectivity index (χ0v) is 13.8. The van der Waals surface area contributed by atoms with Gasteiger partial charge in [-0.05, 0) is 25.1 Å². The van der Waals surface area contributed by atoms with Crippen LogP contribution in [0.25, 0.3) is 0 Å². The molecule has 118 valence electrons. The van der Waals surface area contributed by atoms with Crippen LogP contribution < -0.4 is 9.62 Å². The highest BCUT2D eigenvalue weighted by molar-refractivity contribution is 7.89. The average Bonchev–Trinajstić information content (AvgIpc) is 2.48. The SMILES string of the molecule is CCS(=O)(=O)NCCN1CCN(c2cccc(Cl)c2)CC1. The largest absolute Gasteiger partial charge is 0.369 e. The topological polar surface area (TPSA) is 52.7 Å². The second-order valence-corrected chi connectivity index (χ2v) is 7.64. The predicted molar refractivity (Wildman–Crippen MR) is 87.6 cm³/mol. The monoisotopic (exact) mass is 331 g/mol. The Balaban J connectivity index is 1.76. The molecule has 21 heavy (non-hydrogen) atoms. The van der Waals surface area contributed by atoms with Gasteiger partial charge in [0.25, 0.3) is 0 Å². The van der Waals surface area contributed by atoms with Crippen molar-refractivity contribution < 1.29 is 8.42 Å². The van der Waals surface area contributed by atoms with E-state index in [4.69, 9.17) is 11.6 Å². The van der Waals surface area contributed by atoms with Gasteiger partial charge in [-0.25, -0.2) is 13.1 Å². The fraction of sp³-hybridized carbons (Fsp3) is 0.571. The molecule has 1 aromatic rings.